The Morgan fingerprint density at radius 3 is 0.413 bits per heavy atom. The second kappa shape index (κ2) is 47.8. The summed E-state index contributed by atoms with van der Waals surface area (Å²) in [5.41, 5.74) is 0. The number of Topliss-reactive ketones (excluding diaryl/α,β-unsaturated/α-hetero) is 1. The zero-order valence-electron chi connectivity index (χ0n) is 66.3. The van der Waals surface area contributed by atoms with Crippen molar-refractivity contribution in [1.82, 2.24) is 0 Å². The average molecular weight is 1830 g/mol. The lowest BCUT2D eigenvalue weighted by atomic mass is 9.95. The van der Waals surface area contributed by atoms with Crippen molar-refractivity contribution in [3.8, 4) is 0 Å². The fraction of sp³-hybridized carbons (Fsp3) is 0.803. The van der Waals surface area contributed by atoms with E-state index >= 15 is 0 Å². The summed E-state index contributed by atoms with van der Waals surface area (Å²) in [6.07, 6.45) is -97.7. The lowest BCUT2D eigenvalue weighted by Gasteiger charge is -2.50. The molecule has 714 valence electrons. The smallest absolute Gasteiger partial charge is 0.306 e. The summed E-state index contributed by atoms with van der Waals surface area (Å²) >= 11 is 0. The zero-order valence-corrected chi connectivity index (χ0v) is 66.3. The van der Waals surface area contributed by atoms with Crippen LogP contribution in [0.2, 0.25) is 0 Å². The lowest BCUT2D eigenvalue weighted by Crippen LogP contribution is -2.68. The van der Waals surface area contributed by atoms with Gasteiger partial charge in [-0.05, 0) is 6.92 Å². The van der Waals surface area contributed by atoms with E-state index in [0.717, 1.165) is 6.92 Å². The first-order valence-corrected chi connectivity index (χ1v) is 39.0. The Bertz CT molecular complexity index is 3050. The van der Waals surface area contributed by atoms with Crippen molar-refractivity contribution in [2.75, 3.05) is 46.2 Å². The third-order valence-electron chi connectivity index (χ3n) is 20.3. The number of hydrogen-bond acceptors (Lipinski definition) is 49. The van der Waals surface area contributed by atoms with Gasteiger partial charge < -0.3 is 206 Å². The van der Waals surface area contributed by atoms with E-state index in [1.54, 1.807) is 0 Å². The van der Waals surface area contributed by atoms with Gasteiger partial charge in [0.2, 0.25) is 0 Å². The molecule has 14 bridgehead atoms. The van der Waals surface area contributed by atoms with Crippen LogP contribution in [0.25, 0.3) is 0 Å². The van der Waals surface area contributed by atoms with E-state index in [2.05, 4.69) is 0 Å². The highest BCUT2D eigenvalue weighted by atomic mass is 16.8. The van der Waals surface area contributed by atoms with Crippen LogP contribution in [0, 0.1) is 0 Å². The van der Waals surface area contributed by atoms with E-state index in [1.807, 2.05) is 0 Å². The SMILES string of the molecule is CC(=O)CCC(=O)OC[C@H]1O[C@@H]2O[C@H]3[C@@H](O)[C@H](O)[C@@H](O[C@H]4[C@@H](O)[C@H](O)[C@@H](O[C@H]5[C@@H](O)[C@H](O)[C@@H](O[C@H]6[C@@H](O)[C@H](O)[C@@H](O[C@H]7[C@@H](O)[C@H](O)[C@@H](O[C@H]8[C@@H](O)[C@H](O)[C@@H](O[C@H]1[C@@H](O)[C@@H]2O)O[C@@H]8COC(=O)CCC(=O)O)O[C@@H]7COC(=O)CCC(=O)O)O[C@@H]6COC(=O)CCC(=O)O)O[C@@H]5COC(=O)CCC(=O)O)O[C@@H]4COC(=O)CCC(=O)O)O[C@@H]3COC(=O)CCC(=O)O. The number of aliphatic carboxylic acids is 6. The molecule has 35 atom stereocenters. The number of aliphatic hydroxyl groups is 14. The minimum atomic E-state index is -2.65. The molecule has 0 radical (unpaired) electrons. The standard InChI is InChI=1S/C71H100O55/c1-23(72)2-9-37(85)106-16-24-58-44(92)51(99)65(113-24)121-59-25(17-107-38(86)10-3-31(73)74)115-67(53(101)46(59)94)123-61-27(19-109-40(88)12-5-33(77)78)117-69(55(103)48(61)96)125-63-29(21-111-42(90)14-7-35(81)82)119-71(57(105)50(63)98)126-64-30(22-112-43(91)15-8-36(83)84)118-70(56(104)49(64)97)124-62-28(20-110-41(89)13-6-34(79)80)116-68(54(102)47(62)95)122-60-26(18-108-39(87)11-4-32(75)76)114-66(120-58)52(100)45(60)93/h24-30,44-71,92-105H,2-22H2,1H3,(H,73,74)(H,75,76)(H,77,78)(H,79,80)(H,81,82)(H,83,84)/t24-,25-,26-,27-,28-,29-,30-,44+,45+,46+,47+,48+,49+,50+,51+,52+,53+,54+,55+,56+,57+,58-,59-,60-,61-,62-,63-,64-,65-,66-,67-,68-,69-,70-,71-/m1/s1. The monoisotopic (exact) mass is 1830 g/mol. The van der Waals surface area contributed by atoms with Crippen LogP contribution in [0.15, 0.2) is 0 Å². The van der Waals surface area contributed by atoms with E-state index in [4.69, 9.17) is 99.5 Å². The highest BCUT2D eigenvalue weighted by molar-refractivity contribution is 5.81. The molecule has 0 amide bonds. The molecule has 0 unspecified atom stereocenters. The number of carbonyl (C=O) groups excluding carboxylic acids is 8. The Balaban J connectivity index is 1.26. The fourth-order valence-electron chi connectivity index (χ4n) is 13.6. The van der Waals surface area contributed by atoms with Crippen molar-refractivity contribution in [2.45, 2.75) is 312 Å². The molecule has 126 heavy (non-hydrogen) atoms. The van der Waals surface area contributed by atoms with Gasteiger partial charge in [0.1, 0.15) is 223 Å². The Morgan fingerprint density at radius 1 is 0.183 bits per heavy atom. The molecule has 21 rings (SSSR count). The van der Waals surface area contributed by atoms with E-state index in [9.17, 15) is 169 Å². The van der Waals surface area contributed by atoms with Gasteiger partial charge in [-0.2, -0.15) is 0 Å². The Labute approximate surface area is 708 Å². The fourth-order valence-corrected chi connectivity index (χ4v) is 13.6. The van der Waals surface area contributed by atoms with Crippen molar-refractivity contribution in [3.05, 3.63) is 0 Å². The maximum Gasteiger partial charge on any atom is 0.306 e. The predicted molar refractivity (Wildman–Crippen MR) is 377 cm³/mol. The number of carboxylic acid groups (broad SMARTS) is 6. The molecule has 21 aliphatic rings. The van der Waals surface area contributed by atoms with Crippen LogP contribution in [-0.2, 0) is 167 Å². The number of hydrogen-bond donors (Lipinski definition) is 20. The van der Waals surface area contributed by atoms with Gasteiger partial charge in [0.25, 0.3) is 0 Å². The molecule has 21 heterocycles. The Morgan fingerprint density at radius 2 is 0.302 bits per heavy atom. The van der Waals surface area contributed by atoms with E-state index in [1.165, 1.54) is 0 Å². The number of carboxylic acids is 6. The van der Waals surface area contributed by atoms with Crippen molar-refractivity contribution >= 4 is 83.4 Å². The first kappa shape index (κ1) is 103. The van der Waals surface area contributed by atoms with Gasteiger partial charge in [-0.1, -0.05) is 0 Å². The van der Waals surface area contributed by atoms with Gasteiger partial charge >= 0.3 is 77.6 Å². The normalized spacial score (nSPS) is 37.8. The van der Waals surface area contributed by atoms with Crippen LogP contribution in [0.3, 0.4) is 0 Å². The highest BCUT2D eigenvalue weighted by Crippen LogP contribution is 2.40. The molecule has 0 spiro atoms. The summed E-state index contributed by atoms with van der Waals surface area (Å²) in [5.74, 6) is -18.9. The van der Waals surface area contributed by atoms with Crippen LogP contribution in [0.1, 0.15) is 96.8 Å². The van der Waals surface area contributed by atoms with Gasteiger partial charge in [-0.15, -0.1) is 0 Å². The summed E-state index contributed by atoms with van der Waals surface area (Å²) in [5, 5.41) is 226. The maximum atomic E-state index is 13.2. The summed E-state index contributed by atoms with van der Waals surface area (Å²) in [6.45, 7) is -7.51. The highest BCUT2D eigenvalue weighted by Gasteiger charge is 2.61. The van der Waals surface area contributed by atoms with Crippen LogP contribution in [0.4, 0.5) is 0 Å². The van der Waals surface area contributed by atoms with E-state index < -0.39 is 434 Å². The van der Waals surface area contributed by atoms with Gasteiger partial charge in [0, 0.05) is 6.42 Å². The average Bonchev–Trinajstić information content (AvgIpc) is 0.778. The molecular weight excluding hydrogens is 1730 g/mol. The summed E-state index contributed by atoms with van der Waals surface area (Å²) in [4.78, 5) is 173. The molecule has 0 aromatic carbocycles. The summed E-state index contributed by atoms with van der Waals surface area (Å²) in [6, 6.07) is 0. The van der Waals surface area contributed by atoms with E-state index in [-0.39, 0.29) is 0 Å². The molecule has 0 aliphatic carbocycles. The third-order valence-corrected chi connectivity index (χ3v) is 20.3. The zero-order chi connectivity index (χ0) is 93.0. The van der Waals surface area contributed by atoms with Crippen LogP contribution in [-0.4, -0.2) is 447 Å². The minimum Gasteiger partial charge on any atom is -0.481 e. The number of esters is 7. The first-order chi connectivity index (χ1) is 59.4. The molecule has 21 aliphatic heterocycles. The van der Waals surface area contributed by atoms with E-state index in [0.29, 0.717) is 0 Å². The van der Waals surface area contributed by atoms with Gasteiger partial charge in [0.15, 0.2) is 44.0 Å². The largest absolute Gasteiger partial charge is 0.481 e. The first-order valence-electron chi connectivity index (χ1n) is 39.0. The van der Waals surface area contributed by atoms with Gasteiger partial charge in [-0.3, -0.25) is 62.3 Å². The number of carbonyl (C=O) groups is 14. The molecule has 0 saturated carbocycles. The molecule has 0 aromatic rings. The quantitative estimate of drug-likeness (QED) is 0.0207. The third kappa shape index (κ3) is 28.8. The van der Waals surface area contributed by atoms with Crippen molar-refractivity contribution in [2.24, 2.45) is 0 Å². The Kier molecular flexibility index (Phi) is 39.1. The molecular formula is C71H100O55. The minimum absolute atomic E-state index is 0.444. The van der Waals surface area contributed by atoms with Crippen molar-refractivity contribution < 1.29 is 269 Å². The topological polar surface area (TPSA) is 837 Å². The van der Waals surface area contributed by atoms with Crippen LogP contribution < -0.4 is 0 Å². The molecule has 21 fully saturated rings. The maximum absolute atomic E-state index is 13.2. The molecule has 21 saturated heterocycles. The Hall–Kier alpha value is -8.34. The van der Waals surface area contributed by atoms with Crippen LogP contribution in [0.5, 0.6) is 0 Å². The molecule has 55 nitrogen and oxygen atoms in total. The molecule has 55 heteroatoms. The van der Waals surface area contributed by atoms with Crippen LogP contribution >= 0.6 is 0 Å². The number of rotatable bonds is 35. The van der Waals surface area contributed by atoms with Crippen molar-refractivity contribution in [1.29, 1.82) is 0 Å². The molecule has 0 aromatic heterocycles. The number of ketones is 1. The molecule has 20 N–H and O–H groups in total. The predicted octanol–water partition coefficient (Wildman–Crippen LogP) is -11.8. The second-order valence-electron chi connectivity index (χ2n) is 29.7. The number of ether oxygens (including phenoxy) is 21. The number of aliphatic hydroxyl groups excluding tert-OH is 14. The van der Waals surface area contributed by atoms with Gasteiger partial charge in [0.05, 0.1) is 83.5 Å². The lowest BCUT2D eigenvalue weighted by molar-refractivity contribution is -0.396. The summed E-state index contributed by atoms with van der Waals surface area (Å²) < 4.78 is 121. The van der Waals surface area contributed by atoms with Gasteiger partial charge in [-0.25, -0.2) is 0 Å². The second-order valence-corrected chi connectivity index (χ2v) is 29.7. The van der Waals surface area contributed by atoms with Crippen molar-refractivity contribution in [3.63, 3.8) is 0 Å². The summed E-state index contributed by atoms with van der Waals surface area (Å²) in [7, 11) is 0.